The van der Waals surface area contributed by atoms with E-state index in [9.17, 15) is 4.79 Å². The number of carbonyl (C=O) groups is 1. The van der Waals surface area contributed by atoms with Crippen molar-refractivity contribution in [3.05, 3.63) is 59.0 Å². The maximum Gasteiger partial charge on any atom is 0.267 e. The molecule has 6 heteroatoms. The Bertz CT molecular complexity index is 554. The van der Waals surface area contributed by atoms with E-state index in [1.807, 2.05) is 30.3 Å². The molecule has 0 bridgehead atoms. The Balaban J connectivity index is 2.48. The Hall–Kier alpha value is -2.59. The van der Waals surface area contributed by atoms with Crippen LogP contribution in [0.3, 0.4) is 0 Å². The van der Waals surface area contributed by atoms with Gasteiger partial charge in [-0.3, -0.25) is 9.36 Å². The minimum Gasteiger partial charge on any atom is -0.296 e. The van der Waals surface area contributed by atoms with Crippen molar-refractivity contribution in [3.63, 3.8) is 0 Å². The molecule has 2 rings (SSSR count). The molecule has 78 valence electrons. The van der Waals surface area contributed by atoms with E-state index in [2.05, 4.69) is 15.0 Å². The molecule has 0 fully saturated rings. The van der Waals surface area contributed by atoms with Crippen LogP contribution in [0, 0.1) is 0 Å². The van der Waals surface area contributed by atoms with E-state index in [1.54, 1.807) is 4.57 Å². The molecular weight excluding hydrogens is 206 g/mol. The van der Waals surface area contributed by atoms with Crippen LogP contribution in [0.2, 0.25) is 0 Å². The zero-order valence-corrected chi connectivity index (χ0v) is 8.19. The molecule has 0 saturated heterocycles. The molecule has 0 unspecified atom stereocenters. The Morgan fingerprint density at radius 3 is 2.81 bits per heavy atom. The fourth-order valence-corrected chi connectivity index (χ4v) is 1.34. The summed E-state index contributed by atoms with van der Waals surface area (Å²) in [6, 6.07) is 9.22. The standard InChI is InChI=1S/C10H7N5O/c11-14-13-10(16)9-6-12-7-15(9)8-4-2-1-3-5-8/h1-7H. The van der Waals surface area contributed by atoms with Crippen molar-refractivity contribution >= 4 is 5.91 Å². The first-order valence-corrected chi connectivity index (χ1v) is 4.50. The van der Waals surface area contributed by atoms with Crippen LogP contribution in [0.5, 0.6) is 0 Å². The van der Waals surface area contributed by atoms with E-state index < -0.39 is 5.91 Å². The molecule has 0 saturated carbocycles. The Labute approximate surface area is 90.8 Å². The third-order valence-electron chi connectivity index (χ3n) is 2.03. The Morgan fingerprint density at radius 2 is 2.12 bits per heavy atom. The number of imidazole rings is 1. The van der Waals surface area contributed by atoms with Gasteiger partial charge in [-0.1, -0.05) is 18.2 Å². The van der Waals surface area contributed by atoms with E-state index in [4.69, 9.17) is 5.53 Å². The predicted molar refractivity (Wildman–Crippen MR) is 57.0 cm³/mol. The van der Waals surface area contributed by atoms with E-state index in [0.29, 0.717) is 0 Å². The molecule has 0 spiro atoms. The van der Waals surface area contributed by atoms with Gasteiger partial charge in [0.25, 0.3) is 5.91 Å². The number of aromatic nitrogens is 2. The molecular formula is C10H7N5O. The number of hydrogen-bond acceptors (Lipinski definition) is 2. The number of para-hydroxylation sites is 1. The molecule has 0 atom stereocenters. The molecule has 1 aromatic carbocycles. The monoisotopic (exact) mass is 213 g/mol. The molecule has 16 heavy (non-hydrogen) atoms. The van der Waals surface area contributed by atoms with Gasteiger partial charge in [-0.05, 0) is 22.8 Å². The van der Waals surface area contributed by atoms with Gasteiger partial charge >= 0.3 is 0 Å². The van der Waals surface area contributed by atoms with E-state index in [1.165, 1.54) is 12.5 Å². The van der Waals surface area contributed by atoms with Gasteiger partial charge in [0.15, 0.2) is 0 Å². The third kappa shape index (κ3) is 1.77. The van der Waals surface area contributed by atoms with Crippen molar-refractivity contribution in [1.29, 1.82) is 0 Å². The molecule has 2 aromatic rings. The van der Waals surface area contributed by atoms with Crippen LogP contribution in [-0.2, 0) is 0 Å². The largest absolute Gasteiger partial charge is 0.296 e. The second kappa shape index (κ2) is 4.29. The summed E-state index contributed by atoms with van der Waals surface area (Å²) < 4.78 is 1.57. The average molecular weight is 213 g/mol. The SMILES string of the molecule is [N-]=[N+]=NC(=O)c1cncn1-c1ccccc1. The summed E-state index contributed by atoms with van der Waals surface area (Å²) >= 11 is 0. The highest BCUT2D eigenvalue weighted by Crippen LogP contribution is 2.11. The first-order chi connectivity index (χ1) is 7.83. The number of benzene rings is 1. The number of hydrogen-bond donors (Lipinski definition) is 0. The average Bonchev–Trinajstić information content (AvgIpc) is 2.79. The fraction of sp³-hybridized carbons (Fsp3) is 0. The predicted octanol–water partition coefficient (Wildman–Crippen LogP) is 2.32. The van der Waals surface area contributed by atoms with E-state index in [-0.39, 0.29) is 5.69 Å². The molecule has 1 heterocycles. The number of azide groups is 1. The number of nitrogens with zero attached hydrogens (tertiary/aromatic N) is 5. The topological polar surface area (TPSA) is 83.7 Å². The van der Waals surface area contributed by atoms with Crippen molar-refractivity contribution in [2.24, 2.45) is 5.11 Å². The highest BCUT2D eigenvalue weighted by atomic mass is 16.2. The van der Waals surface area contributed by atoms with Crippen LogP contribution in [0.1, 0.15) is 10.5 Å². The van der Waals surface area contributed by atoms with Gasteiger partial charge in [0, 0.05) is 10.6 Å². The molecule has 0 aliphatic carbocycles. The second-order valence-electron chi connectivity index (χ2n) is 2.98. The summed E-state index contributed by atoms with van der Waals surface area (Å²) in [5, 5.41) is 3.03. The Kier molecular flexibility index (Phi) is 2.67. The zero-order valence-electron chi connectivity index (χ0n) is 8.19. The van der Waals surface area contributed by atoms with Gasteiger partial charge in [-0.25, -0.2) is 4.98 Å². The number of rotatable bonds is 2. The van der Waals surface area contributed by atoms with Crippen LogP contribution >= 0.6 is 0 Å². The molecule has 0 aliphatic rings. The van der Waals surface area contributed by atoms with Crippen molar-refractivity contribution in [2.75, 3.05) is 0 Å². The van der Waals surface area contributed by atoms with E-state index in [0.717, 1.165) is 5.69 Å². The minimum absolute atomic E-state index is 0.240. The van der Waals surface area contributed by atoms with Gasteiger partial charge in [0.05, 0.1) is 12.5 Å². The minimum atomic E-state index is -0.649. The lowest BCUT2D eigenvalue weighted by molar-refractivity contribution is 0.0994. The summed E-state index contributed by atoms with van der Waals surface area (Å²) in [6.45, 7) is 0. The van der Waals surface area contributed by atoms with Crippen molar-refractivity contribution in [1.82, 2.24) is 9.55 Å². The van der Waals surface area contributed by atoms with Crippen LogP contribution < -0.4 is 0 Å². The molecule has 0 N–H and O–H groups in total. The first-order valence-electron chi connectivity index (χ1n) is 4.50. The van der Waals surface area contributed by atoms with Gasteiger partial charge < -0.3 is 0 Å². The highest BCUT2D eigenvalue weighted by molar-refractivity contribution is 5.93. The van der Waals surface area contributed by atoms with E-state index >= 15 is 0 Å². The maximum absolute atomic E-state index is 11.4. The maximum atomic E-state index is 11.4. The lowest BCUT2D eigenvalue weighted by atomic mass is 10.3. The quantitative estimate of drug-likeness (QED) is 0.435. The fourth-order valence-electron chi connectivity index (χ4n) is 1.34. The van der Waals surface area contributed by atoms with Gasteiger partial charge in [-0.15, -0.1) is 0 Å². The molecule has 1 amide bonds. The lowest BCUT2D eigenvalue weighted by Crippen LogP contribution is -2.03. The first kappa shape index (κ1) is 9.95. The van der Waals surface area contributed by atoms with Crippen LogP contribution in [0.15, 0.2) is 48.0 Å². The summed E-state index contributed by atoms with van der Waals surface area (Å²) in [6.07, 6.45) is 2.86. The van der Waals surface area contributed by atoms with Crippen molar-refractivity contribution in [3.8, 4) is 5.69 Å². The number of amides is 1. The highest BCUT2D eigenvalue weighted by Gasteiger charge is 2.10. The Morgan fingerprint density at radius 1 is 1.38 bits per heavy atom. The van der Waals surface area contributed by atoms with Gasteiger partial charge in [-0.2, -0.15) is 0 Å². The summed E-state index contributed by atoms with van der Waals surface area (Å²) in [4.78, 5) is 17.7. The lowest BCUT2D eigenvalue weighted by Gasteiger charge is -2.04. The van der Waals surface area contributed by atoms with Crippen molar-refractivity contribution in [2.45, 2.75) is 0 Å². The summed E-state index contributed by atoms with van der Waals surface area (Å²) in [5.74, 6) is -0.649. The second-order valence-corrected chi connectivity index (χ2v) is 2.98. The van der Waals surface area contributed by atoms with Gasteiger partial charge in [0.2, 0.25) is 0 Å². The summed E-state index contributed by atoms with van der Waals surface area (Å²) in [5.41, 5.74) is 9.23. The molecule has 0 radical (unpaired) electrons. The van der Waals surface area contributed by atoms with Crippen LogP contribution in [0.4, 0.5) is 0 Å². The summed E-state index contributed by atoms with van der Waals surface area (Å²) in [7, 11) is 0. The molecule has 0 aliphatic heterocycles. The number of carbonyl (C=O) groups excluding carboxylic acids is 1. The van der Waals surface area contributed by atoms with Crippen LogP contribution in [-0.4, -0.2) is 15.5 Å². The van der Waals surface area contributed by atoms with Gasteiger partial charge in [0.1, 0.15) is 5.69 Å². The third-order valence-corrected chi connectivity index (χ3v) is 2.03. The normalized spacial score (nSPS) is 9.50. The molecule has 1 aromatic heterocycles. The zero-order chi connectivity index (χ0) is 11.4. The molecule has 6 nitrogen and oxygen atoms in total. The van der Waals surface area contributed by atoms with Crippen LogP contribution in [0.25, 0.3) is 16.1 Å². The van der Waals surface area contributed by atoms with Crippen molar-refractivity contribution < 1.29 is 4.79 Å². The smallest absolute Gasteiger partial charge is 0.267 e.